The Bertz CT molecular complexity index is 1390. The van der Waals surface area contributed by atoms with Crippen molar-refractivity contribution in [3.63, 3.8) is 0 Å². The second-order valence-electron chi connectivity index (χ2n) is 22.1. The van der Waals surface area contributed by atoms with E-state index in [1.807, 2.05) is 67.2 Å². The van der Waals surface area contributed by atoms with Gasteiger partial charge in [-0.2, -0.15) is 0 Å². The van der Waals surface area contributed by atoms with E-state index in [2.05, 4.69) is 15.1 Å². The van der Waals surface area contributed by atoms with Gasteiger partial charge in [0.25, 0.3) is 0 Å². The standard InChI is InChI=1S/C16H30N2O2.C12H21NO4.C11H22N2.C11H19NO3/c1-16(2,3)20-15(19)18-11-7-8-14(13-18)12-17-9-5-4-6-10-17;1-12(2,3)17-11(15)13-7-5-6-9(8-13)10(14)16-4;1-2-7-13(8-3-1)10-11-5-4-6-12-9-11;1-11(2,3)15-10(14)12-6-4-5-9(7-12)8-13/h14H,4-13H2,1-3H3;9H,5-8H2,1-4H3;11-12H,1-10H2;8-9H,4-7H2,1-3H3/t14-;9-;11-;9-/m0111/s1. The molecule has 1 N–H and O–H groups in total. The van der Waals surface area contributed by atoms with Crippen molar-refractivity contribution in [1.82, 2.24) is 29.8 Å². The summed E-state index contributed by atoms with van der Waals surface area (Å²) in [5, 5.41) is 3.50. The highest BCUT2D eigenvalue weighted by molar-refractivity contribution is 5.75. The summed E-state index contributed by atoms with van der Waals surface area (Å²) in [5.74, 6) is 1.06. The molecule has 6 saturated heterocycles. The highest BCUT2D eigenvalue weighted by atomic mass is 16.6. The Hall–Kier alpha value is -3.17. The first kappa shape index (κ1) is 56.2. The maximum Gasteiger partial charge on any atom is 0.410 e. The fraction of sp³-hybridized carbons (Fsp3) is 0.900. The third-order valence-corrected chi connectivity index (χ3v) is 12.4. The molecule has 0 radical (unpaired) electrons. The quantitative estimate of drug-likeness (QED) is 0.155. The van der Waals surface area contributed by atoms with Crippen molar-refractivity contribution in [1.29, 1.82) is 0 Å². The minimum Gasteiger partial charge on any atom is -0.469 e. The molecule has 0 aliphatic carbocycles. The normalized spacial score (nSPS) is 24.9. The molecule has 0 aromatic rings. The van der Waals surface area contributed by atoms with Crippen LogP contribution in [0.15, 0.2) is 0 Å². The van der Waals surface area contributed by atoms with Gasteiger partial charge in [0, 0.05) is 58.3 Å². The lowest BCUT2D eigenvalue weighted by Crippen LogP contribution is -2.46. The second-order valence-corrected chi connectivity index (χ2v) is 22.1. The number of hydrogen-bond donors (Lipinski definition) is 1. The number of nitrogens with one attached hydrogen (secondary N) is 1. The SMILES string of the molecule is C1CCN(C[C@@H]2CCCNC2)CC1.CC(C)(C)OC(=O)N1CCC[C@@H](C=O)C1.CC(C)(C)OC(=O)N1CCC[C@@H](CN2CCCCC2)C1.COC(=O)[C@@H]1CCCN(C(=O)OC(C)(C)C)C1. The topological polar surface area (TPSA) is 150 Å². The first-order valence-electron chi connectivity index (χ1n) is 25.3. The molecular formula is C50H92N6O9. The Labute approximate surface area is 393 Å². The summed E-state index contributed by atoms with van der Waals surface area (Å²) >= 11 is 0. The second kappa shape index (κ2) is 28.2. The minimum atomic E-state index is -0.505. The summed E-state index contributed by atoms with van der Waals surface area (Å²) in [6.07, 6.45) is 17.0. The van der Waals surface area contributed by atoms with Gasteiger partial charge in [0.15, 0.2) is 0 Å². The molecule has 0 aromatic heterocycles. The van der Waals surface area contributed by atoms with Gasteiger partial charge in [-0.3, -0.25) is 4.79 Å². The average molecular weight is 921 g/mol. The van der Waals surface area contributed by atoms with E-state index in [0.29, 0.717) is 32.1 Å². The van der Waals surface area contributed by atoms with Gasteiger partial charge in [-0.05, 0) is 190 Å². The number of methoxy groups -OCH3 is 1. The van der Waals surface area contributed by atoms with Gasteiger partial charge < -0.3 is 53.6 Å². The van der Waals surface area contributed by atoms with Crippen LogP contribution in [0.3, 0.4) is 0 Å². The Balaban J connectivity index is 0.000000233. The smallest absolute Gasteiger partial charge is 0.410 e. The summed E-state index contributed by atoms with van der Waals surface area (Å²) in [6, 6.07) is 0. The molecule has 6 heterocycles. The number of rotatable bonds is 6. The number of hydrogen-bond acceptors (Lipinski definition) is 12. The molecule has 65 heavy (non-hydrogen) atoms. The van der Waals surface area contributed by atoms with Crippen molar-refractivity contribution < 1.29 is 42.9 Å². The monoisotopic (exact) mass is 921 g/mol. The number of carbonyl (C=O) groups is 5. The van der Waals surface area contributed by atoms with Crippen molar-refractivity contribution in [2.24, 2.45) is 23.7 Å². The molecule has 6 fully saturated rings. The van der Waals surface area contributed by atoms with Crippen LogP contribution >= 0.6 is 0 Å². The van der Waals surface area contributed by atoms with Gasteiger partial charge >= 0.3 is 24.2 Å². The molecule has 3 amide bonds. The average Bonchev–Trinajstić information content (AvgIpc) is 3.26. The van der Waals surface area contributed by atoms with Crippen molar-refractivity contribution >= 4 is 30.5 Å². The Morgan fingerprint density at radius 3 is 1.40 bits per heavy atom. The lowest BCUT2D eigenvalue weighted by Gasteiger charge is -2.37. The molecule has 0 spiro atoms. The van der Waals surface area contributed by atoms with Crippen LogP contribution in [-0.2, 0) is 28.5 Å². The molecule has 15 heteroatoms. The van der Waals surface area contributed by atoms with Crippen LogP contribution in [0.1, 0.15) is 152 Å². The number of amides is 3. The van der Waals surface area contributed by atoms with E-state index in [0.717, 1.165) is 63.9 Å². The van der Waals surface area contributed by atoms with Crippen LogP contribution in [0.2, 0.25) is 0 Å². The van der Waals surface area contributed by atoms with E-state index >= 15 is 0 Å². The molecule has 6 aliphatic rings. The lowest BCUT2D eigenvalue weighted by atomic mass is 9.96. The van der Waals surface area contributed by atoms with E-state index in [4.69, 9.17) is 18.9 Å². The molecular weight excluding hydrogens is 829 g/mol. The largest absolute Gasteiger partial charge is 0.469 e. The summed E-state index contributed by atoms with van der Waals surface area (Å²) in [7, 11) is 1.37. The number of piperidine rings is 6. The molecule has 0 saturated carbocycles. The Kier molecular flexibility index (Phi) is 24.4. The molecule has 6 rings (SSSR count). The van der Waals surface area contributed by atoms with Crippen LogP contribution in [0.4, 0.5) is 14.4 Å². The lowest BCUT2D eigenvalue weighted by molar-refractivity contribution is -0.147. The van der Waals surface area contributed by atoms with Crippen molar-refractivity contribution in [3.05, 3.63) is 0 Å². The highest BCUT2D eigenvalue weighted by Crippen LogP contribution is 2.23. The number of likely N-dealkylation sites (tertiary alicyclic amines) is 5. The predicted molar refractivity (Wildman–Crippen MR) is 256 cm³/mol. The Morgan fingerprint density at radius 2 is 0.954 bits per heavy atom. The first-order chi connectivity index (χ1) is 30.6. The maximum absolute atomic E-state index is 12.1. The van der Waals surface area contributed by atoms with Crippen LogP contribution in [0.5, 0.6) is 0 Å². The van der Waals surface area contributed by atoms with Gasteiger partial charge in [0.05, 0.1) is 13.0 Å². The van der Waals surface area contributed by atoms with Crippen molar-refractivity contribution in [2.75, 3.05) is 98.7 Å². The number of nitrogens with zero attached hydrogens (tertiary/aromatic N) is 5. The molecule has 15 nitrogen and oxygen atoms in total. The number of esters is 1. The highest BCUT2D eigenvalue weighted by Gasteiger charge is 2.32. The van der Waals surface area contributed by atoms with Gasteiger partial charge in [0.2, 0.25) is 0 Å². The van der Waals surface area contributed by atoms with Gasteiger partial charge in [-0.25, -0.2) is 14.4 Å². The summed E-state index contributed by atoms with van der Waals surface area (Å²) in [6.45, 7) is 30.9. The van der Waals surface area contributed by atoms with Gasteiger partial charge in [0.1, 0.15) is 23.1 Å². The van der Waals surface area contributed by atoms with Gasteiger partial charge in [-0.1, -0.05) is 12.8 Å². The Morgan fingerprint density at radius 1 is 0.523 bits per heavy atom. The molecule has 0 bridgehead atoms. The molecule has 0 aromatic carbocycles. The van der Waals surface area contributed by atoms with Crippen molar-refractivity contribution in [2.45, 2.75) is 169 Å². The molecule has 4 atom stereocenters. The van der Waals surface area contributed by atoms with E-state index in [-0.39, 0.29) is 36.1 Å². The number of ether oxygens (including phenoxy) is 4. The van der Waals surface area contributed by atoms with Crippen LogP contribution in [-0.4, -0.2) is 171 Å². The first-order valence-corrected chi connectivity index (χ1v) is 25.3. The number of aldehydes is 1. The molecule has 376 valence electrons. The van der Waals surface area contributed by atoms with E-state index in [1.54, 1.807) is 9.80 Å². The van der Waals surface area contributed by atoms with Crippen LogP contribution < -0.4 is 5.32 Å². The summed E-state index contributed by atoms with van der Waals surface area (Å²) in [5.41, 5.74) is -1.36. The zero-order valence-corrected chi connectivity index (χ0v) is 42.6. The van der Waals surface area contributed by atoms with E-state index < -0.39 is 16.8 Å². The minimum absolute atomic E-state index is 0.0220. The summed E-state index contributed by atoms with van der Waals surface area (Å²) < 4.78 is 20.7. The fourth-order valence-electron chi connectivity index (χ4n) is 9.24. The summed E-state index contributed by atoms with van der Waals surface area (Å²) in [4.78, 5) is 68.0. The zero-order valence-electron chi connectivity index (χ0n) is 42.6. The van der Waals surface area contributed by atoms with Gasteiger partial charge in [-0.15, -0.1) is 0 Å². The van der Waals surface area contributed by atoms with Crippen molar-refractivity contribution in [3.8, 4) is 0 Å². The maximum atomic E-state index is 12.1. The number of carbonyl (C=O) groups excluding carboxylic acids is 5. The van der Waals surface area contributed by atoms with Crippen LogP contribution in [0, 0.1) is 23.7 Å². The molecule has 0 unspecified atom stereocenters. The zero-order chi connectivity index (χ0) is 48.0. The fourth-order valence-corrected chi connectivity index (χ4v) is 9.24. The molecule has 6 aliphatic heterocycles. The predicted octanol–water partition coefficient (Wildman–Crippen LogP) is 8.23. The third kappa shape index (κ3) is 23.9. The van der Waals surface area contributed by atoms with E-state index in [1.165, 1.54) is 111 Å². The third-order valence-electron chi connectivity index (χ3n) is 12.4. The van der Waals surface area contributed by atoms with Crippen LogP contribution in [0.25, 0.3) is 0 Å². The van der Waals surface area contributed by atoms with E-state index in [9.17, 15) is 24.0 Å².